The maximum absolute atomic E-state index is 11.8. The number of benzene rings is 1. The van der Waals surface area contributed by atoms with E-state index in [0.717, 1.165) is 37.1 Å². The molecule has 0 saturated heterocycles. The number of rotatable bonds is 8. The van der Waals surface area contributed by atoms with Gasteiger partial charge in [0.2, 0.25) is 0 Å². The van der Waals surface area contributed by atoms with Gasteiger partial charge < -0.3 is 4.90 Å². The molecule has 0 heterocycles. The highest BCUT2D eigenvalue weighted by molar-refractivity contribution is 5.65. The van der Waals surface area contributed by atoms with Gasteiger partial charge in [-0.1, -0.05) is 52.2 Å². The van der Waals surface area contributed by atoms with Gasteiger partial charge >= 0.3 is 0 Å². The van der Waals surface area contributed by atoms with Gasteiger partial charge in [-0.15, -0.1) is 6.58 Å². The fourth-order valence-corrected chi connectivity index (χ4v) is 3.85. The summed E-state index contributed by atoms with van der Waals surface area (Å²) in [6.45, 7) is 11.1. The minimum atomic E-state index is -0.213. The van der Waals surface area contributed by atoms with Crippen molar-refractivity contribution in [2.45, 2.75) is 71.3 Å². The van der Waals surface area contributed by atoms with Gasteiger partial charge in [0.1, 0.15) is 5.69 Å². The predicted molar refractivity (Wildman–Crippen MR) is 105 cm³/mol. The summed E-state index contributed by atoms with van der Waals surface area (Å²) in [4.78, 5) is 13.9. The molecule has 1 fully saturated rings. The molecule has 1 atom stereocenters. The zero-order valence-corrected chi connectivity index (χ0v) is 15.9. The molecule has 0 aliphatic heterocycles. The Morgan fingerprint density at radius 2 is 1.96 bits per heavy atom. The Hall–Kier alpha value is -1.84. The molecule has 0 amide bonds. The molecule has 1 aromatic carbocycles. The normalized spacial score (nSPS) is 16.6. The second-order valence-electron chi connectivity index (χ2n) is 7.77. The standard InChI is InChI=1S/C21H32N2O2/c1-5-9-17(4)18-12-13-20(21(14-18)23(24)25)22(15-16(2)3)19-10-7-6-8-11-19/h5,12-14,16-17,19H,1,6-11,15H2,2-4H3. The molecule has 1 aromatic rings. The Balaban J connectivity index is 2.40. The predicted octanol–water partition coefficient (Wildman–Crippen LogP) is 6.07. The molecular formula is C21H32N2O2. The molecule has 138 valence electrons. The van der Waals surface area contributed by atoms with E-state index in [0.29, 0.717) is 12.0 Å². The topological polar surface area (TPSA) is 46.4 Å². The van der Waals surface area contributed by atoms with Crippen molar-refractivity contribution in [2.24, 2.45) is 5.92 Å². The zero-order valence-electron chi connectivity index (χ0n) is 15.9. The van der Waals surface area contributed by atoms with E-state index >= 15 is 0 Å². The van der Waals surface area contributed by atoms with Gasteiger partial charge in [0.05, 0.1) is 4.92 Å². The number of hydrogen-bond acceptors (Lipinski definition) is 3. The van der Waals surface area contributed by atoms with Crippen LogP contribution in [0.4, 0.5) is 11.4 Å². The van der Waals surface area contributed by atoms with Crippen LogP contribution < -0.4 is 4.90 Å². The number of nitrogens with zero attached hydrogens (tertiary/aromatic N) is 2. The lowest BCUT2D eigenvalue weighted by molar-refractivity contribution is -0.384. The van der Waals surface area contributed by atoms with Crippen LogP contribution >= 0.6 is 0 Å². The van der Waals surface area contributed by atoms with Crippen LogP contribution in [0.5, 0.6) is 0 Å². The van der Waals surface area contributed by atoms with Crippen molar-refractivity contribution >= 4 is 11.4 Å². The van der Waals surface area contributed by atoms with E-state index in [4.69, 9.17) is 0 Å². The number of anilines is 1. The summed E-state index contributed by atoms with van der Waals surface area (Å²) in [5, 5.41) is 11.8. The molecule has 1 aliphatic rings. The van der Waals surface area contributed by atoms with E-state index in [-0.39, 0.29) is 16.5 Å². The molecule has 0 radical (unpaired) electrons. The summed E-state index contributed by atoms with van der Waals surface area (Å²) in [6.07, 6.45) is 8.71. The fraction of sp³-hybridized carbons (Fsp3) is 0.619. The maximum Gasteiger partial charge on any atom is 0.292 e. The quantitative estimate of drug-likeness (QED) is 0.327. The SMILES string of the molecule is C=CCC(C)c1ccc(N(CC(C)C)C2CCCCC2)c([N+](=O)[O-])c1. The highest BCUT2D eigenvalue weighted by atomic mass is 16.6. The lowest BCUT2D eigenvalue weighted by Gasteiger charge is -2.37. The van der Waals surface area contributed by atoms with Crippen LogP contribution in [0.2, 0.25) is 0 Å². The maximum atomic E-state index is 11.8. The first-order valence-electron chi connectivity index (χ1n) is 9.60. The number of hydrogen-bond donors (Lipinski definition) is 0. The lowest BCUT2D eigenvalue weighted by Crippen LogP contribution is -2.39. The second kappa shape index (κ2) is 9.02. The van der Waals surface area contributed by atoms with Crippen molar-refractivity contribution < 1.29 is 4.92 Å². The third-order valence-corrected chi connectivity index (χ3v) is 5.17. The largest absolute Gasteiger partial charge is 0.363 e. The van der Waals surface area contributed by atoms with Gasteiger partial charge in [-0.2, -0.15) is 0 Å². The van der Waals surface area contributed by atoms with Crippen molar-refractivity contribution in [1.29, 1.82) is 0 Å². The molecule has 1 aliphatic carbocycles. The number of nitro benzene ring substituents is 1. The minimum absolute atomic E-state index is 0.213. The van der Waals surface area contributed by atoms with E-state index < -0.39 is 0 Å². The molecule has 0 aromatic heterocycles. The van der Waals surface area contributed by atoms with Gasteiger partial charge in [-0.05, 0) is 42.7 Å². The van der Waals surface area contributed by atoms with Crippen LogP contribution in [0, 0.1) is 16.0 Å². The summed E-state index contributed by atoms with van der Waals surface area (Å²) in [5.41, 5.74) is 2.06. The van der Waals surface area contributed by atoms with Crippen molar-refractivity contribution in [3.05, 3.63) is 46.5 Å². The zero-order chi connectivity index (χ0) is 18.4. The average Bonchev–Trinajstić information content (AvgIpc) is 2.60. The first-order valence-corrected chi connectivity index (χ1v) is 9.60. The molecule has 4 heteroatoms. The molecule has 0 N–H and O–H groups in total. The molecule has 4 nitrogen and oxygen atoms in total. The summed E-state index contributed by atoms with van der Waals surface area (Å²) in [5.74, 6) is 0.722. The van der Waals surface area contributed by atoms with E-state index in [2.05, 4.69) is 38.3 Å². The Morgan fingerprint density at radius 1 is 1.28 bits per heavy atom. The number of nitro groups is 1. The Bertz CT molecular complexity index is 592. The van der Waals surface area contributed by atoms with E-state index in [1.807, 2.05) is 12.1 Å². The Morgan fingerprint density at radius 3 is 2.52 bits per heavy atom. The number of allylic oxidation sites excluding steroid dienone is 1. The highest BCUT2D eigenvalue weighted by Crippen LogP contribution is 2.36. The summed E-state index contributed by atoms with van der Waals surface area (Å²) >= 11 is 0. The van der Waals surface area contributed by atoms with E-state index in [1.165, 1.54) is 19.3 Å². The van der Waals surface area contributed by atoms with Gasteiger partial charge in [0, 0.05) is 18.7 Å². The molecular weight excluding hydrogens is 312 g/mol. The fourth-order valence-electron chi connectivity index (χ4n) is 3.85. The van der Waals surface area contributed by atoms with Crippen molar-refractivity contribution in [3.63, 3.8) is 0 Å². The van der Waals surface area contributed by atoms with Crippen LogP contribution in [-0.4, -0.2) is 17.5 Å². The average molecular weight is 344 g/mol. The highest BCUT2D eigenvalue weighted by Gasteiger charge is 2.28. The smallest absolute Gasteiger partial charge is 0.292 e. The van der Waals surface area contributed by atoms with Crippen LogP contribution in [0.15, 0.2) is 30.9 Å². The third kappa shape index (κ3) is 5.07. The lowest BCUT2D eigenvalue weighted by atomic mass is 9.92. The molecule has 1 unspecified atom stereocenters. The first-order chi connectivity index (χ1) is 11.9. The van der Waals surface area contributed by atoms with Crippen LogP contribution in [0.3, 0.4) is 0 Å². The van der Waals surface area contributed by atoms with E-state index in [1.54, 1.807) is 6.07 Å². The van der Waals surface area contributed by atoms with Gasteiger partial charge in [-0.3, -0.25) is 10.1 Å². The Labute approximate surface area is 152 Å². The van der Waals surface area contributed by atoms with Crippen LogP contribution in [0.25, 0.3) is 0 Å². The Kier molecular flexibility index (Phi) is 7.03. The molecule has 25 heavy (non-hydrogen) atoms. The molecule has 1 saturated carbocycles. The summed E-state index contributed by atoms with van der Waals surface area (Å²) < 4.78 is 0. The van der Waals surface area contributed by atoms with E-state index in [9.17, 15) is 10.1 Å². The monoisotopic (exact) mass is 344 g/mol. The third-order valence-electron chi connectivity index (χ3n) is 5.17. The first kappa shape index (κ1) is 19.5. The van der Waals surface area contributed by atoms with Crippen LogP contribution in [0.1, 0.15) is 70.8 Å². The van der Waals surface area contributed by atoms with Crippen molar-refractivity contribution in [2.75, 3.05) is 11.4 Å². The molecule has 0 spiro atoms. The van der Waals surface area contributed by atoms with Gasteiger partial charge in [0.15, 0.2) is 0 Å². The van der Waals surface area contributed by atoms with Crippen LogP contribution in [-0.2, 0) is 0 Å². The molecule has 2 rings (SSSR count). The summed E-state index contributed by atoms with van der Waals surface area (Å²) in [7, 11) is 0. The minimum Gasteiger partial charge on any atom is -0.363 e. The summed E-state index contributed by atoms with van der Waals surface area (Å²) in [6, 6.07) is 6.24. The second-order valence-corrected chi connectivity index (χ2v) is 7.77. The van der Waals surface area contributed by atoms with Gasteiger partial charge in [-0.25, -0.2) is 0 Å². The molecule has 0 bridgehead atoms. The van der Waals surface area contributed by atoms with Gasteiger partial charge in [0.25, 0.3) is 5.69 Å². The van der Waals surface area contributed by atoms with Crippen molar-refractivity contribution in [1.82, 2.24) is 0 Å². The van der Waals surface area contributed by atoms with Crippen molar-refractivity contribution in [3.8, 4) is 0 Å².